The van der Waals surface area contributed by atoms with Gasteiger partial charge in [0.2, 0.25) is 6.41 Å². The average molecular weight is 222 g/mol. The SMILES string of the molecule is O=CNCCSc1ccc2nccn2n1. The molecule has 2 aromatic heterocycles. The molecule has 2 rings (SSSR count). The van der Waals surface area contributed by atoms with Gasteiger partial charge in [-0.05, 0) is 12.1 Å². The Morgan fingerprint density at radius 2 is 2.47 bits per heavy atom. The van der Waals surface area contributed by atoms with Crippen LogP contribution in [-0.2, 0) is 4.79 Å². The number of fused-ring (bicyclic) bond motifs is 1. The van der Waals surface area contributed by atoms with Gasteiger partial charge in [-0.1, -0.05) is 0 Å². The Morgan fingerprint density at radius 1 is 1.53 bits per heavy atom. The summed E-state index contributed by atoms with van der Waals surface area (Å²) in [7, 11) is 0. The maximum Gasteiger partial charge on any atom is 0.207 e. The van der Waals surface area contributed by atoms with Crippen molar-refractivity contribution in [3.05, 3.63) is 24.5 Å². The number of aromatic nitrogens is 3. The van der Waals surface area contributed by atoms with Crippen molar-refractivity contribution in [2.45, 2.75) is 5.03 Å². The molecule has 0 aliphatic rings. The zero-order valence-corrected chi connectivity index (χ0v) is 8.78. The fraction of sp³-hybridized carbons (Fsp3) is 0.222. The van der Waals surface area contributed by atoms with Gasteiger partial charge in [0.15, 0.2) is 5.65 Å². The molecule has 0 saturated heterocycles. The fourth-order valence-electron chi connectivity index (χ4n) is 1.15. The number of hydrogen-bond acceptors (Lipinski definition) is 4. The van der Waals surface area contributed by atoms with E-state index in [9.17, 15) is 4.79 Å². The lowest BCUT2D eigenvalue weighted by atomic mass is 10.6. The number of nitrogens with one attached hydrogen (secondary N) is 1. The first kappa shape index (κ1) is 9.97. The molecule has 2 heterocycles. The van der Waals surface area contributed by atoms with Crippen molar-refractivity contribution in [3.8, 4) is 0 Å². The fourth-order valence-corrected chi connectivity index (χ4v) is 1.89. The second-order valence-corrected chi connectivity index (χ2v) is 3.94. The third-order valence-electron chi connectivity index (χ3n) is 1.81. The van der Waals surface area contributed by atoms with Gasteiger partial charge in [0.25, 0.3) is 0 Å². The number of rotatable bonds is 5. The monoisotopic (exact) mass is 222 g/mol. The first-order valence-electron chi connectivity index (χ1n) is 4.50. The smallest absolute Gasteiger partial charge is 0.207 e. The summed E-state index contributed by atoms with van der Waals surface area (Å²) in [4.78, 5) is 14.1. The molecular weight excluding hydrogens is 212 g/mol. The Labute approximate surface area is 90.9 Å². The topological polar surface area (TPSA) is 59.3 Å². The summed E-state index contributed by atoms with van der Waals surface area (Å²) in [5.74, 6) is 0.811. The average Bonchev–Trinajstić information content (AvgIpc) is 2.71. The Kier molecular flexibility index (Phi) is 3.18. The van der Waals surface area contributed by atoms with Crippen LogP contribution in [0, 0.1) is 0 Å². The van der Waals surface area contributed by atoms with Crippen LogP contribution >= 0.6 is 11.8 Å². The van der Waals surface area contributed by atoms with Crippen LogP contribution < -0.4 is 5.32 Å². The number of carbonyl (C=O) groups excluding carboxylic acids is 1. The van der Waals surface area contributed by atoms with Crippen molar-refractivity contribution in [3.63, 3.8) is 0 Å². The number of amides is 1. The molecule has 0 bridgehead atoms. The maximum absolute atomic E-state index is 10.0. The first-order valence-corrected chi connectivity index (χ1v) is 5.49. The summed E-state index contributed by atoms with van der Waals surface area (Å²) < 4.78 is 1.73. The number of carbonyl (C=O) groups is 1. The molecule has 0 aliphatic carbocycles. The van der Waals surface area contributed by atoms with E-state index in [1.807, 2.05) is 18.3 Å². The minimum absolute atomic E-state index is 0.651. The van der Waals surface area contributed by atoms with Gasteiger partial charge in [0.05, 0.1) is 0 Å². The molecule has 15 heavy (non-hydrogen) atoms. The Hall–Kier alpha value is -1.56. The van der Waals surface area contributed by atoms with Crippen molar-refractivity contribution in [1.29, 1.82) is 0 Å². The second kappa shape index (κ2) is 4.79. The number of hydrogen-bond donors (Lipinski definition) is 1. The van der Waals surface area contributed by atoms with Crippen molar-refractivity contribution >= 4 is 23.8 Å². The lowest BCUT2D eigenvalue weighted by Gasteiger charge is -2.00. The van der Waals surface area contributed by atoms with Crippen LogP contribution in [0.3, 0.4) is 0 Å². The van der Waals surface area contributed by atoms with Gasteiger partial charge in [-0.25, -0.2) is 9.50 Å². The van der Waals surface area contributed by atoms with Crippen molar-refractivity contribution in [2.24, 2.45) is 0 Å². The molecule has 1 amide bonds. The highest BCUT2D eigenvalue weighted by molar-refractivity contribution is 7.99. The number of imidazole rings is 1. The van der Waals surface area contributed by atoms with E-state index in [2.05, 4.69) is 15.4 Å². The molecule has 0 atom stereocenters. The minimum atomic E-state index is 0.651. The molecule has 2 aromatic rings. The van der Waals surface area contributed by atoms with E-state index in [4.69, 9.17) is 0 Å². The van der Waals surface area contributed by atoms with Crippen LogP contribution in [-0.4, -0.2) is 33.3 Å². The first-order chi connectivity index (χ1) is 7.40. The second-order valence-electron chi connectivity index (χ2n) is 2.82. The van der Waals surface area contributed by atoms with E-state index in [1.165, 1.54) is 0 Å². The zero-order valence-electron chi connectivity index (χ0n) is 7.96. The van der Waals surface area contributed by atoms with E-state index in [0.29, 0.717) is 13.0 Å². The molecule has 0 unspecified atom stereocenters. The molecule has 1 N–H and O–H groups in total. The Bertz CT molecular complexity index is 456. The highest BCUT2D eigenvalue weighted by Gasteiger charge is 1.98. The molecule has 78 valence electrons. The van der Waals surface area contributed by atoms with Gasteiger partial charge < -0.3 is 5.32 Å². The van der Waals surface area contributed by atoms with Crippen LogP contribution in [0.25, 0.3) is 5.65 Å². The van der Waals surface area contributed by atoms with Crippen LogP contribution in [0.15, 0.2) is 29.6 Å². The molecule has 0 spiro atoms. The standard InChI is InChI=1S/C9H10N4OS/c14-7-10-4-6-15-9-2-1-8-11-3-5-13(8)12-9/h1-3,5,7H,4,6H2,(H,10,14). The van der Waals surface area contributed by atoms with Crippen molar-refractivity contribution < 1.29 is 4.79 Å². The van der Waals surface area contributed by atoms with E-state index in [0.717, 1.165) is 16.4 Å². The Balaban J connectivity index is 1.98. The number of thioether (sulfide) groups is 1. The zero-order chi connectivity index (χ0) is 10.5. The van der Waals surface area contributed by atoms with Gasteiger partial charge in [-0.15, -0.1) is 11.8 Å². The summed E-state index contributed by atoms with van der Waals surface area (Å²) in [6.07, 6.45) is 4.22. The summed E-state index contributed by atoms with van der Waals surface area (Å²) in [5.41, 5.74) is 0.838. The molecular formula is C9H10N4OS. The van der Waals surface area contributed by atoms with E-state index in [1.54, 1.807) is 22.5 Å². The molecule has 0 aromatic carbocycles. The lowest BCUT2D eigenvalue weighted by molar-refractivity contribution is -0.109. The molecule has 0 saturated carbocycles. The normalized spacial score (nSPS) is 10.4. The summed E-state index contributed by atoms with van der Waals surface area (Å²) in [5, 5.41) is 7.86. The van der Waals surface area contributed by atoms with E-state index in [-0.39, 0.29) is 0 Å². The van der Waals surface area contributed by atoms with Crippen LogP contribution in [0.2, 0.25) is 0 Å². The van der Waals surface area contributed by atoms with E-state index >= 15 is 0 Å². The molecule has 5 nitrogen and oxygen atoms in total. The third-order valence-corrected chi connectivity index (χ3v) is 2.73. The molecule has 0 aliphatic heterocycles. The van der Waals surface area contributed by atoms with Gasteiger partial charge in [0, 0.05) is 24.7 Å². The lowest BCUT2D eigenvalue weighted by Crippen LogP contribution is -2.14. The highest BCUT2D eigenvalue weighted by Crippen LogP contribution is 2.14. The van der Waals surface area contributed by atoms with Gasteiger partial charge in [0.1, 0.15) is 5.03 Å². The molecule has 0 radical (unpaired) electrons. The highest BCUT2D eigenvalue weighted by atomic mass is 32.2. The largest absolute Gasteiger partial charge is 0.358 e. The van der Waals surface area contributed by atoms with Crippen LogP contribution in [0.5, 0.6) is 0 Å². The van der Waals surface area contributed by atoms with E-state index < -0.39 is 0 Å². The van der Waals surface area contributed by atoms with Crippen LogP contribution in [0.4, 0.5) is 0 Å². The van der Waals surface area contributed by atoms with Crippen molar-refractivity contribution in [1.82, 2.24) is 19.9 Å². The molecule has 0 fully saturated rings. The predicted molar refractivity (Wildman–Crippen MR) is 57.8 cm³/mol. The quantitative estimate of drug-likeness (QED) is 0.456. The minimum Gasteiger partial charge on any atom is -0.358 e. The Morgan fingerprint density at radius 3 is 3.33 bits per heavy atom. The van der Waals surface area contributed by atoms with Gasteiger partial charge in [-0.3, -0.25) is 4.79 Å². The van der Waals surface area contributed by atoms with Crippen LogP contribution in [0.1, 0.15) is 0 Å². The van der Waals surface area contributed by atoms with Crippen molar-refractivity contribution in [2.75, 3.05) is 12.3 Å². The van der Waals surface area contributed by atoms with Gasteiger partial charge >= 0.3 is 0 Å². The third kappa shape index (κ3) is 2.47. The summed E-state index contributed by atoms with van der Waals surface area (Å²) >= 11 is 1.60. The maximum atomic E-state index is 10.0. The predicted octanol–water partition coefficient (Wildman–Crippen LogP) is 0.567. The number of nitrogens with zero attached hydrogens (tertiary/aromatic N) is 3. The molecule has 6 heteroatoms. The summed E-state index contributed by atoms with van der Waals surface area (Å²) in [6, 6.07) is 3.84. The van der Waals surface area contributed by atoms with Gasteiger partial charge in [-0.2, -0.15) is 5.10 Å². The summed E-state index contributed by atoms with van der Waals surface area (Å²) in [6.45, 7) is 0.651.